The predicted molar refractivity (Wildman–Crippen MR) is 46.8 cm³/mol. The van der Waals surface area contributed by atoms with Gasteiger partial charge in [0.2, 0.25) is 0 Å². The van der Waals surface area contributed by atoms with Gasteiger partial charge in [-0.2, -0.15) is 0 Å². The van der Waals surface area contributed by atoms with Gasteiger partial charge >= 0.3 is 0 Å². The molecule has 1 aromatic rings. The van der Waals surface area contributed by atoms with E-state index in [1.54, 1.807) is 0 Å². The summed E-state index contributed by atoms with van der Waals surface area (Å²) in [5.74, 6) is 0.733. The van der Waals surface area contributed by atoms with Crippen LogP contribution in [0.3, 0.4) is 0 Å². The molecule has 0 spiro atoms. The van der Waals surface area contributed by atoms with E-state index in [-0.39, 0.29) is 0 Å². The number of H-pyrrole nitrogens is 1. The Labute approximate surface area is 76.7 Å². The maximum atomic E-state index is 9.30. The fourth-order valence-corrected chi connectivity index (χ4v) is 1.02. The van der Waals surface area contributed by atoms with Gasteiger partial charge in [-0.25, -0.2) is 5.10 Å². The van der Waals surface area contributed by atoms with Crippen molar-refractivity contribution in [1.82, 2.24) is 25.9 Å². The van der Waals surface area contributed by atoms with Crippen LogP contribution in [0.4, 0.5) is 0 Å². The van der Waals surface area contributed by atoms with E-state index in [0.29, 0.717) is 13.0 Å². The molecule has 13 heavy (non-hydrogen) atoms. The highest BCUT2D eigenvalue weighted by atomic mass is 16.3. The number of tetrazole rings is 1. The van der Waals surface area contributed by atoms with Crippen LogP contribution in [0.5, 0.6) is 0 Å². The van der Waals surface area contributed by atoms with Crippen LogP contribution in [0.2, 0.25) is 0 Å². The van der Waals surface area contributed by atoms with Crippen LogP contribution in [-0.2, 0) is 6.42 Å². The monoisotopic (exact) mass is 185 g/mol. The van der Waals surface area contributed by atoms with Gasteiger partial charge in [-0.05, 0) is 16.8 Å². The molecule has 0 saturated carbocycles. The Morgan fingerprint density at radius 1 is 1.62 bits per heavy atom. The van der Waals surface area contributed by atoms with Gasteiger partial charge in [-0.3, -0.25) is 5.32 Å². The van der Waals surface area contributed by atoms with Crippen molar-refractivity contribution in [3.63, 3.8) is 0 Å². The van der Waals surface area contributed by atoms with Gasteiger partial charge in [0.15, 0.2) is 0 Å². The molecule has 0 aliphatic rings. The van der Waals surface area contributed by atoms with Crippen LogP contribution >= 0.6 is 0 Å². The van der Waals surface area contributed by atoms with Crippen molar-refractivity contribution >= 4 is 0 Å². The molecule has 0 aliphatic carbocycles. The summed E-state index contributed by atoms with van der Waals surface area (Å²) in [4.78, 5) is 0. The summed E-state index contributed by atoms with van der Waals surface area (Å²) in [6.45, 7) is 2.71. The number of hydrogen-bond donors (Lipinski definition) is 3. The molecule has 74 valence electrons. The molecular weight excluding hydrogens is 170 g/mol. The number of nitrogens with zero attached hydrogens (tertiary/aromatic N) is 3. The van der Waals surface area contributed by atoms with Crippen LogP contribution in [0.1, 0.15) is 25.6 Å². The summed E-state index contributed by atoms with van der Waals surface area (Å²) < 4.78 is 0. The van der Waals surface area contributed by atoms with Crippen molar-refractivity contribution in [2.75, 3.05) is 6.54 Å². The minimum absolute atomic E-state index is 0.416. The van der Waals surface area contributed by atoms with E-state index < -0.39 is 6.23 Å². The summed E-state index contributed by atoms with van der Waals surface area (Å²) in [5, 5.41) is 25.5. The lowest BCUT2D eigenvalue weighted by Crippen LogP contribution is -2.30. The average molecular weight is 185 g/mol. The maximum Gasteiger partial charge on any atom is 0.149 e. The van der Waals surface area contributed by atoms with Crippen molar-refractivity contribution in [3.8, 4) is 0 Å². The van der Waals surface area contributed by atoms with Gasteiger partial charge in [-0.1, -0.05) is 13.3 Å². The summed E-state index contributed by atoms with van der Waals surface area (Å²) >= 11 is 0. The number of aromatic amines is 1. The molecule has 0 amide bonds. The highest BCUT2D eigenvalue weighted by molar-refractivity contribution is 4.76. The summed E-state index contributed by atoms with van der Waals surface area (Å²) in [6, 6.07) is 0. The third-order valence-electron chi connectivity index (χ3n) is 1.69. The molecular formula is C7H15N5O. The maximum absolute atomic E-state index is 9.30. The molecule has 1 aromatic heterocycles. The van der Waals surface area contributed by atoms with Gasteiger partial charge < -0.3 is 5.11 Å². The first-order valence-corrected chi connectivity index (χ1v) is 4.47. The van der Waals surface area contributed by atoms with Gasteiger partial charge in [0.25, 0.3) is 0 Å². The first kappa shape index (κ1) is 10.1. The summed E-state index contributed by atoms with van der Waals surface area (Å²) in [6.07, 6.45) is 2.03. The standard InChI is InChI=1S/C7H15N5O/c1-2-3-7(13)8-5-4-6-9-11-12-10-6/h7-8,13H,2-5H2,1H3,(H,9,10,11,12). The first-order valence-electron chi connectivity index (χ1n) is 4.47. The molecule has 1 rings (SSSR count). The van der Waals surface area contributed by atoms with Crippen molar-refractivity contribution < 1.29 is 5.11 Å². The van der Waals surface area contributed by atoms with E-state index >= 15 is 0 Å². The smallest absolute Gasteiger partial charge is 0.149 e. The Morgan fingerprint density at radius 2 is 2.46 bits per heavy atom. The molecule has 0 aromatic carbocycles. The Balaban J connectivity index is 2.07. The van der Waals surface area contributed by atoms with Gasteiger partial charge in [0, 0.05) is 13.0 Å². The second-order valence-corrected chi connectivity index (χ2v) is 2.86. The quantitative estimate of drug-likeness (QED) is 0.518. The van der Waals surface area contributed by atoms with Crippen molar-refractivity contribution in [3.05, 3.63) is 5.82 Å². The summed E-state index contributed by atoms with van der Waals surface area (Å²) in [7, 11) is 0. The first-order chi connectivity index (χ1) is 6.33. The van der Waals surface area contributed by atoms with Crippen LogP contribution in [0.15, 0.2) is 0 Å². The van der Waals surface area contributed by atoms with Crippen LogP contribution in [-0.4, -0.2) is 38.5 Å². The lowest BCUT2D eigenvalue weighted by molar-refractivity contribution is 0.127. The highest BCUT2D eigenvalue weighted by Crippen LogP contribution is 1.92. The zero-order chi connectivity index (χ0) is 9.52. The number of hydrogen-bond acceptors (Lipinski definition) is 5. The van der Waals surface area contributed by atoms with E-state index in [4.69, 9.17) is 0 Å². The minimum Gasteiger partial charge on any atom is -0.379 e. The van der Waals surface area contributed by atoms with Crippen molar-refractivity contribution in [1.29, 1.82) is 0 Å². The van der Waals surface area contributed by atoms with E-state index in [1.807, 2.05) is 6.92 Å². The number of aliphatic hydroxyl groups excluding tert-OH is 1. The zero-order valence-electron chi connectivity index (χ0n) is 7.69. The average Bonchev–Trinajstić information content (AvgIpc) is 2.57. The Kier molecular flexibility index (Phi) is 4.34. The Bertz CT molecular complexity index is 213. The third kappa shape index (κ3) is 3.95. The molecule has 0 fully saturated rings. The molecule has 1 heterocycles. The Hall–Kier alpha value is -1.01. The number of rotatable bonds is 6. The topological polar surface area (TPSA) is 86.7 Å². The second kappa shape index (κ2) is 5.60. The molecule has 1 atom stereocenters. The van der Waals surface area contributed by atoms with Gasteiger partial charge in [0.05, 0.1) is 0 Å². The fraction of sp³-hybridized carbons (Fsp3) is 0.857. The molecule has 0 saturated heterocycles. The highest BCUT2D eigenvalue weighted by Gasteiger charge is 2.01. The van der Waals surface area contributed by atoms with Crippen LogP contribution in [0, 0.1) is 0 Å². The Morgan fingerprint density at radius 3 is 3.08 bits per heavy atom. The summed E-state index contributed by atoms with van der Waals surface area (Å²) in [5.41, 5.74) is 0. The molecule has 0 aliphatic heterocycles. The van der Waals surface area contributed by atoms with E-state index in [0.717, 1.165) is 18.7 Å². The second-order valence-electron chi connectivity index (χ2n) is 2.86. The third-order valence-corrected chi connectivity index (χ3v) is 1.69. The molecule has 1 unspecified atom stereocenters. The van der Waals surface area contributed by atoms with E-state index in [9.17, 15) is 5.11 Å². The largest absolute Gasteiger partial charge is 0.379 e. The van der Waals surface area contributed by atoms with E-state index in [2.05, 4.69) is 25.9 Å². The van der Waals surface area contributed by atoms with Gasteiger partial charge in [0.1, 0.15) is 12.1 Å². The van der Waals surface area contributed by atoms with Gasteiger partial charge in [-0.15, -0.1) is 5.10 Å². The molecule has 3 N–H and O–H groups in total. The minimum atomic E-state index is -0.416. The van der Waals surface area contributed by atoms with Crippen LogP contribution < -0.4 is 5.32 Å². The van der Waals surface area contributed by atoms with Crippen LogP contribution in [0.25, 0.3) is 0 Å². The van der Waals surface area contributed by atoms with Crippen molar-refractivity contribution in [2.24, 2.45) is 0 Å². The SMILES string of the molecule is CCCC(O)NCCc1nnn[nH]1. The molecule has 0 radical (unpaired) electrons. The lowest BCUT2D eigenvalue weighted by Gasteiger charge is -2.09. The number of aromatic nitrogens is 4. The predicted octanol–water partition coefficient (Wildman–Crippen LogP) is -0.550. The number of aliphatic hydroxyl groups is 1. The number of nitrogens with one attached hydrogen (secondary N) is 2. The zero-order valence-corrected chi connectivity index (χ0v) is 7.69. The van der Waals surface area contributed by atoms with Crippen molar-refractivity contribution in [2.45, 2.75) is 32.4 Å². The fourth-order valence-electron chi connectivity index (χ4n) is 1.02. The molecule has 6 nitrogen and oxygen atoms in total. The normalized spacial score (nSPS) is 13.1. The molecule has 6 heteroatoms. The van der Waals surface area contributed by atoms with E-state index in [1.165, 1.54) is 0 Å². The lowest BCUT2D eigenvalue weighted by atomic mass is 10.3. The molecule has 0 bridgehead atoms.